The van der Waals surface area contributed by atoms with Crippen LogP contribution in [0.2, 0.25) is 0 Å². The molecular formula is C26H35N5O. The normalized spacial score (nSPS) is 20.1. The SMILES string of the molecule is C=CC1=C(/C=C\C)C2(CCN(/C(=C/C(=C)N)N=C)CC2)CC1NC.O=Cc1ccccn1. The molecule has 1 aliphatic heterocycles. The molecule has 0 aromatic carbocycles. The van der Waals surface area contributed by atoms with Crippen molar-refractivity contribution in [2.24, 2.45) is 16.1 Å². The van der Waals surface area contributed by atoms with E-state index in [1.807, 2.05) is 13.1 Å². The van der Waals surface area contributed by atoms with E-state index in [1.54, 1.807) is 30.5 Å². The molecule has 1 aromatic rings. The molecule has 0 radical (unpaired) electrons. The van der Waals surface area contributed by atoms with Crippen molar-refractivity contribution in [2.45, 2.75) is 32.2 Å². The number of carbonyl (C=O) groups is 1. The number of carbonyl (C=O) groups excluding carboxylic acids is 1. The molecule has 3 N–H and O–H groups in total. The molecule has 1 fully saturated rings. The zero-order valence-electron chi connectivity index (χ0n) is 19.3. The number of likely N-dealkylation sites (N-methyl/N-ethyl adjacent to an activating group) is 1. The number of rotatable bonds is 7. The number of aliphatic imine (C=N–C) groups is 1. The van der Waals surface area contributed by atoms with Crippen LogP contribution in [0.25, 0.3) is 0 Å². The Hall–Kier alpha value is -3.25. The number of likely N-dealkylation sites (tertiary alicyclic amines) is 1. The first-order valence-electron chi connectivity index (χ1n) is 10.9. The molecule has 6 nitrogen and oxygen atoms in total. The van der Waals surface area contributed by atoms with Gasteiger partial charge in [0.25, 0.3) is 0 Å². The third kappa shape index (κ3) is 5.92. The Labute approximate surface area is 192 Å². The molecule has 3 rings (SSSR count). The fraction of sp³-hybridized carbons (Fsp3) is 0.346. The van der Waals surface area contributed by atoms with Crippen LogP contribution in [0.5, 0.6) is 0 Å². The maximum atomic E-state index is 9.94. The fourth-order valence-corrected chi connectivity index (χ4v) is 4.54. The van der Waals surface area contributed by atoms with Crippen LogP contribution < -0.4 is 11.1 Å². The summed E-state index contributed by atoms with van der Waals surface area (Å²) >= 11 is 0. The first kappa shape index (κ1) is 25.0. The summed E-state index contributed by atoms with van der Waals surface area (Å²) in [4.78, 5) is 20.1. The molecule has 32 heavy (non-hydrogen) atoms. The summed E-state index contributed by atoms with van der Waals surface area (Å²) in [5.74, 6) is 0.820. The Balaban J connectivity index is 0.000000380. The maximum absolute atomic E-state index is 9.94. The van der Waals surface area contributed by atoms with Gasteiger partial charge in [0.05, 0.1) is 0 Å². The molecule has 6 heteroatoms. The summed E-state index contributed by atoms with van der Waals surface area (Å²) in [6.07, 6.45) is 13.8. The number of nitrogens with one attached hydrogen (secondary N) is 1. The third-order valence-corrected chi connectivity index (χ3v) is 6.08. The molecular weight excluding hydrogens is 398 g/mol. The van der Waals surface area contributed by atoms with Crippen molar-refractivity contribution in [2.75, 3.05) is 20.1 Å². The molecule has 2 heterocycles. The van der Waals surface area contributed by atoms with Crippen LogP contribution >= 0.6 is 0 Å². The van der Waals surface area contributed by atoms with Crippen molar-refractivity contribution in [3.63, 3.8) is 0 Å². The molecule has 170 valence electrons. The van der Waals surface area contributed by atoms with Gasteiger partial charge in [-0.25, -0.2) is 4.99 Å². The Morgan fingerprint density at radius 3 is 2.53 bits per heavy atom. The molecule has 0 saturated carbocycles. The van der Waals surface area contributed by atoms with Crippen LogP contribution in [0.3, 0.4) is 0 Å². The summed E-state index contributed by atoms with van der Waals surface area (Å²) in [6.45, 7) is 15.4. The van der Waals surface area contributed by atoms with Crippen molar-refractivity contribution in [1.29, 1.82) is 0 Å². The number of aromatic nitrogens is 1. The lowest BCUT2D eigenvalue weighted by Gasteiger charge is -2.42. The summed E-state index contributed by atoms with van der Waals surface area (Å²) < 4.78 is 0. The number of nitrogens with two attached hydrogens (primary N) is 1. The lowest BCUT2D eigenvalue weighted by molar-refractivity contribution is 0.111. The highest BCUT2D eigenvalue weighted by molar-refractivity contribution is 5.71. The van der Waals surface area contributed by atoms with E-state index in [9.17, 15) is 4.79 Å². The predicted molar refractivity (Wildman–Crippen MR) is 133 cm³/mol. The van der Waals surface area contributed by atoms with Gasteiger partial charge in [-0.2, -0.15) is 0 Å². The zero-order valence-corrected chi connectivity index (χ0v) is 19.3. The molecule has 1 saturated heterocycles. The molecule has 1 unspecified atom stereocenters. The van der Waals surface area contributed by atoms with Crippen molar-refractivity contribution >= 4 is 13.0 Å². The van der Waals surface area contributed by atoms with Crippen LogP contribution in [0.15, 0.2) is 89.5 Å². The second kappa shape index (κ2) is 12.0. The summed E-state index contributed by atoms with van der Waals surface area (Å²) in [6, 6.07) is 5.59. The molecule has 0 bridgehead atoms. The van der Waals surface area contributed by atoms with Gasteiger partial charge in [0.1, 0.15) is 11.5 Å². The number of nitrogens with zero attached hydrogens (tertiary/aromatic N) is 3. The van der Waals surface area contributed by atoms with Gasteiger partial charge in [0.15, 0.2) is 6.29 Å². The second-order valence-electron chi connectivity index (χ2n) is 7.99. The van der Waals surface area contributed by atoms with Gasteiger partial charge < -0.3 is 16.0 Å². The lowest BCUT2D eigenvalue weighted by atomic mass is 9.72. The first-order chi connectivity index (χ1) is 15.4. The van der Waals surface area contributed by atoms with Gasteiger partial charge in [0.2, 0.25) is 0 Å². The van der Waals surface area contributed by atoms with E-state index in [2.05, 4.69) is 59.1 Å². The predicted octanol–water partition coefficient (Wildman–Crippen LogP) is 4.03. The van der Waals surface area contributed by atoms with Crippen molar-refractivity contribution in [3.05, 3.63) is 90.2 Å². The Kier molecular flexibility index (Phi) is 9.35. The standard InChI is InChI=1S/C20H30N4.C6H5NO/c1-6-8-17-16(7-2)18(22-4)14-20(17)9-11-24(12-10-20)19(23-5)13-15(3)21;8-5-6-3-1-2-4-7-6/h6-8,13,18,22H,2-3,5,9-12,14,21H2,1,4H3;1-5H/b8-6-,19-13+;. The minimum atomic E-state index is 0.214. The van der Waals surface area contributed by atoms with Gasteiger partial charge >= 0.3 is 0 Å². The van der Waals surface area contributed by atoms with Crippen LogP contribution in [0.4, 0.5) is 0 Å². The maximum Gasteiger partial charge on any atom is 0.168 e. The highest BCUT2D eigenvalue weighted by atomic mass is 16.1. The van der Waals surface area contributed by atoms with E-state index in [0.717, 1.165) is 44.5 Å². The van der Waals surface area contributed by atoms with Crippen molar-refractivity contribution in [3.8, 4) is 0 Å². The third-order valence-electron chi connectivity index (χ3n) is 6.08. The number of hydrogen-bond acceptors (Lipinski definition) is 6. The minimum Gasteiger partial charge on any atom is -0.399 e. The number of allylic oxidation sites excluding steroid dienone is 4. The summed E-state index contributed by atoms with van der Waals surface area (Å²) in [5.41, 5.74) is 9.70. The van der Waals surface area contributed by atoms with E-state index < -0.39 is 0 Å². The largest absolute Gasteiger partial charge is 0.399 e. The highest BCUT2D eigenvalue weighted by Crippen LogP contribution is 2.51. The fourth-order valence-electron chi connectivity index (χ4n) is 4.54. The molecule has 0 amide bonds. The Morgan fingerprint density at radius 1 is 1.38 bits per heavy atom. The molecule has 2 aliphatic rings. The van der Waals surface area contributed by atoms with Crippen LogP contribution in [-0.4, -0.2) is 49.1 Å². The number of piperidine rings is 1. The van der Waals surface area contributed by atoms with Gasteiger partial charge in [-0.3, -0.25) is 9.78 Å². The lowest BCUT2D eigenvalue weighted by Crippen LogP contribution is -2.40. The first-order valence-corrected chi connectivity index (χ1v) is 10.9. The minimum absolute atomic E-state index is 0.214. The Bertz CT molecular complexity index is 905. The average Bonchev–Trinajstić information content (AvgIpc) is 3.11. The molecule has 1 aromatic heterocycles. The van der Waals surface area contributed by atoms with Gasteiger partial charge in [-0.05, 0) is 63.2 Å². The quantitative estimate of drug-likeness (QED) is 0.385. The van der Waals surface area contributed by atoms with E-state index in [4.69, 9.17) is 5.73 Å². The second-order valence-corrected chi connectivity index (χ2v) is 7.99. The number of hydrogen-bond donors (Lipinski definition) is 2. The van der Waals surface area contributed by atoms with Crippen LogP contribution in [-0.2, 0) is 0 Å². The smallest absolute Gasteiger partial charge is 0.168 e. The Morgan fingerprint density at radius 2 is 2.09 bits per heavy atom. The van der Waals surface area contributed by atoms with Gasteiger partial charge in [-0.15, -0.1) is 0 Å². The van der Waals surface area contributed by atoms with E-state index in [0.29, 0.717) is 17.4 Å². The zero-order chi connectivity index (χ0) is 23.6. The van der Waals surface area contributed by atoms with Gasteiger partial charge in [-0.1, -0.05) is 37.5 Å². The number of aldehydes is 1. The monoisotopic (exact) mass is 433 g/mol. The van der Waals surface area contributed by atoms with E-state index in [1.165, 1.54) is 11.1 Å². The topological polar surface area (TPSA) is 83.6 Å². The summed E-state index contributed by atoms with van der Waals surface area (Å²) in [5, 5.41) is 3.45. The molecule has 1 aliphatic carbocycles. The molecule has 1 spiro atoms. The average molecular weight is 434 g/mol. The molecule has 1 atom stereocenters. The van der Waals surface area contributed by atoms with Crippen LogP contribution in [0, 0.1) is 5.41 Å². The van der Waals surface area contributed by atoms with E-state index >= 15 is 0 Å². The van der Waals surface area contributed by atoms with Gasteiger partial charge in [0, 0.05) is 42.5 Å². The highest BCUT2D eigenvalue weighted by Gasteiger charge is 2.45. The van der Waals surface area contributed by atoms with E-state index in [-0.39, 0.29) is 5.41 Å². The van der Waals surface area contributed by atoms with Crippen molar-refractivity contribution < 1.29 is 4.79 Å². The van der Waals surface area contributed by atoms with Crippen LogP contribution in [0.1, 0.15) is 36.7 Å². The number of pyridine rings is 1. The van der Waals surface area contributed by atoms with Crippen molar-refractivity contribution in [1.82, 2.24) is 15.2 Å². The summed E-state index contributed by atoms with van der Waals surface area (Å²) in [7, 11) is 2.03.